The third kappa shape index (κ3) is 3.67. The molecule has 0 spiro atoms. The van der Waals surface area contributed by atoms with Gasteiger partial charge >= 0.3 is 12.1 Å². The number of ether oxygens (including phenoxy) is 2. The van der Waals surface area contributed by atoms with E-state index in [2.05, 4.69) is 0 Å². The summed E-state index contributed by atoms with van der Waals surface area (Å²) in [6.45, 7) is 0.551. The van der Waals surface area contributed by atoms with E-state index in [0.29, 0.717) is 6.61 Å². The van der Waals surface area contributed by atoms with E-state index in [1.165, 1.54) is 0 Å². The van der Waals surface area contributed by atoms with Crippen LogP contribution in [0.3, 0.4) is 0 Å². The highest BCUT2D eigenvalue weighted by molar-refractivity contribution is 5.70. The number of carbonyl (C=O) groups is 1. The van der Waals surface area contributed by atoms with Crippen molar-refractivity contribution in [1.82, 2.24) is 0 Å². The molecule has 1 heterocycles. The molecule has 2 atom stereocenters. The average Bonchev–Trinajstić information content (AvgIpc) is 2.13. The lowest BCUT2D eigenvalue weighted by molar-refractivity contribution is -0.204. The molecule has 1 N–H and O–H groups in total. The van der Waals surface area contributed by atoms with Crippen molar-refractivity contribution in [3.8, 4) is 0 Å². The molecule has 0 aromatic heterocycles. The van der Waals surface area contributed by atoms with Crippen molar-refractivity contribution < 1.29 is 32.5 Å². The van der Waals surface area contributed by atoms with Crippen molar-refractivity contribution in [3.05, 3.63) is 0 Å². The molecule has 0 radical (unpaired) electrons. The van der Waals surface area contributed by atoms with Crippen molar-refractivity contribution in [2.24, 2.45) is 5.92 Å². The van der Waals surface area contributed by atoms with Gasteiger partial charge in [-0.3, -0.25) is 4.79 Å². The van der Waals surface area contributed by atoms with Gasteiger partial charge in [0.2, 0.25) is 0 Å². The van der Waals surface area contributed by atoms with Crippen molar-refractivity contribution in [3.63, 3.8) is 0 Å². The van der Waals surface area contributed by atoms with E-state index < -0.39 is 30.6 Å². The van der Waals surface area contributed by atoms with E-state index >= 15 is 0 Å². The van der Waals surface area contributed by atoms with Gasteiger partial charge in [0.05, 0.1) is 25.9 Å². The van der Waals surface area contributed by atoms with Crippen molar-refractivity contribution in [2.45, 2.75) is 18.7 Å². The summed E-state index contributed by atoms with van der Waals surface area (Å²) in [5, 5.41) is 8.42. The Balaban J connectivity index is 2.54. The lowest BCUT2D eigenvalue weighted by Gasteiger charge is -2.26. The fourth-order valence-electron chi connectivity index (χ4n) is 1.31. The van der Waals surface area contributed by atoms with Gasteiger partial charge in [0, 0.05) is 0 Å². The summed E-state index contributed by atoms with van der Waals surface area (Å²) in [5.74, 6) is -4.26. The number of carboxylic acids is 1. The number of hydrogen-bond donors (Lipinski definition) is 1. The van der Waals surface area contributed by atoms with Gasteiger partial charge in [0.25, 0.3) is 0 Å². The Morgan fingerprint density at radius 3 is 2.53 bits per heavy atom. The van der Waals surface area contributed by atoms with E-state index in [9.17, 15) is 18.0 Å². The van der Waals surface area contributed by atoms with Crippen LogP contribution in [0, 0.1) is 5.92 Å². The zero-order chi connectivity index (χ0) is 11.5. The summed E-state index contributed by atoms with van der Waals surface area (Å²) in [7, 11) is 0. The van der Waals surface area contributed by atoms with Crippen LogP contribution in [0.15, 0.2) is 0 Å². The minimum absolute atomic E-state index is 0.0137. The summed E-state index contributed by atoms with van der Waals surface area (Å²) >= 11 is 0. The maximum atomic E-state index is 12.2. The standard InChI is InChI=1S/C8H11F3O4/c9-8(10,11)6(7(12)13)3-5-4-14-1-2-15-5/h5-6H,1-4H2,(H,12,13)/t5-,6+/m1/s1. The predicted molar refractivity (Wildman–Crippen MR) is 42.4 cm³/mol. The Kier molecular flexibility index (Phi) is 3.92. The zero-order valence-electron chi connectivity index (χ0n) is 7.79. The van der Waals surface area contributed by atoms with Crippen LogP contribution in [0.4, 0.5) is 13.2 Å². The molecule has 0 amide bonds. The van der Waals surface area contributed by atoms with Crippen LogP contribution in [0.1, 0.15) is 6.42 Å². The monoisotopic (exact) mass is 228 g/mol. The largest absolute Gasteiger partial charge is 0.481 e. The number of alkyl halides is 3. The average molecular weight is 228 g/mol. The van der Waals surface area contributed by atoms with E-state index in [4.69, 9.17) is 14.6 Å². The Hall–Kier alpha value is -0.820. The molecule has 4 nitrogen and oxygen atoms in total. The molecule has 0 aliphatic carbocycles. The van der Waals surface area contributed by atoms with Crippen molar-refractivity contribution in [1.29, 1.82) is 0 Å². The summed E-state index contributed by atoms with van der Waals surface area (Å²) in [6, 6.07) is 0. The first kappa shape index (κ1) is 12.3. The van der Waals surface area contributed by atoms with Crippen LogP contribution in [0.5, 0.6) is 0 Å². The lowest BCUT2D eigenvalue weighted by atomic mass is 10.0. The number of carboxylic acid groups (broad SMARTS) is 1. The molecule has 1 rings (SSSR count). The summed E-state index contributed by atoms with van der Waals surface area (Å²) in [6.07, 6.45) is -6.13. The first-order valence-electron chi connectivity index (χ1n) is 4.40. The summed E-state index contributed by atoms with van der Waals surface area (Å²) < 4.78 is 46.6. The summed E-state index contributed by atoms with van der Waals surface area (Å²) in [4.78, 5) is 10.4. The molecule has 1 aliphatic heterocycles. The second kappa shape index (κ2) is 4.80. The third-order valence-electron chi connectivity index (χ3n) is 2.08. The van der Waals surface area contributed by atoms with E-state index in [1.807, 2.05) is 0 Å². The van der Waals surface area contributed by atoms with Crippen LogP contribution in [0.2, 0.25) is 0 Å². The smallest absolute Gasteiger partial charge is 0.402 e. The minimum atomic E-state index is -4.74. The fourth-order valence-corrected chi connectivity index (χ4v) is 1.31. The molecule has 1 saturated heterocycles. The molecule has 0 bridgehead atoms. The van der Waals surface area contributed by atoms with Crippen LogP contribution in [-0.2, 0) is 14.3 Å². The SMILES string of the molecule is O=C(O)[C@H](C[C@@H]1COCCO1)C(F)(F)F. The van der Waals surface area contributed by atoms with Gasteiger partial charge in [-0.1, -0.05) is 0 Å². The highest BCUT2D eigenvalue weighted by atomic mass is 19.4. The predicted octanol–water partition coefficient (Wildman–Crippen LogP) is 1.05. The maximum absolute atomic E-state index is 12.2. The van der Waals surface area contributed by atoms with Crippen LogP contribution in [0.25, 0.3) is 0 Å². The molecule has 0 aromatic carbocycles. The lowest BCUT2D eigenvalue weighted by Crippen LogP contribution is -2.38. The molecular weight excluding hydrogens is 217 g/mol. The van der Waals surface area contributed by atoms with Crippen LogP contribution in [-0.4, -0.2) is 43.2 Å². The highest BCUT2D eigenvalue weighted by Crippen LogP contribution is 2.31. The number of rotatable bonds is 3. The van der Waals surface area contributed by atoms with Gasteiger partial charge in [-0.05, 0) is 6.42 Å². The Bertz CT molecular complexity index is 222. The maximum Gasteiger partial charge on any atom is 0.402 e. The molecule has 15 heavy (non-hydrogen) atoms. The van der Waals surface area contributed by atoms with Crippen LogP contribution < -0.4 is 0 Å². The van der Waals surface area contributed by atoms with Gasteiger partial charge in [-0.2, -0.15) is 13.2 Å². The van der Waals surface area contributed by atoms with Gasteiger partial charge in [-0.25, -0.2) is 0 Å². The van der Waals surface area contributed by atoms with E-state index in [0.717, 1.165) is 0 Å². The van der Waals surface area contributed by atoms with Gasteiger partial charge < -0.3 is 14.6 Å². The zero-order valence-corrected chi connectivity index (χ0v) is 7.79. The molecule has 0 aromatic rings. The number of aliphatic carboxylic acids is 1. The van der Waals surface area contributed by atoms with Gasteiger partial charge in [-0.15, -0.1) is 0 Å². The third-order valence-corrected chi connectivity index (χ3v) is 2.08. The molecule has 88 valence electrons. The van der Waals surface area contributed by atoms with E-state index in [-0.39, 0.29) is 13.2 Å². The first-order chi connectivity index (χ1) is 6.91. The second-order valence-electron chi connectivity index (χ2n) is 3.24. The highest BCUT2D eigenvalue weighted by Gasteiger charge is 2.46. The van der Waals surface area contributed by atoms with Crippen molar-refractivity contribution in [2.75, 3.05) is 19.8 Å². The fraction of sp³-hybridized carbons (Fsp3) is 0.875. The van der Waals surface area contributed by atoms with E-state index in [1.54, 1.807) is 0 Å². The second-order valence-corrected chi connectivity index (χ2v) is 3.24. The van der Waals surface area contributed by atoms with Crippen LogP contribution >= 0.6 is 0 Å². The van der Waals surface area contributed by atoms with Crippen molar-refractivity contribution >= 4 is 5.97 Å². The van der Waals surface area contributed by atoms with Gasteiger partial charge in [0.15, 0.2) is 5.92 Å². The number of hydrogen-bond acceptors (Lipinski definition) is 3. The summed E-state index contributed by atoms with van der Waals surface area (Å²) in [5.41, 5.74) is 0. The molecule has 0 saturated carbocycles. The first-order valence-corrected chi connectivity index (χ1v) is 4.40. The topological polar surface area (TPSA) is 55.8 Å². The molecule has 1 fully saturated rings. The van der Waals surface area contributed by atoms with Gasteiger partial charge in [0.1, 0.15) is 0 Å². The quantitative estimate of drug-likeness (QED) is 0.784. The Morgan fingerprint density at radius 2 is 2.13 bits per heavy atom. The molecule has 1 aliphatic rings. The Morgan fingerprint density at radius 1 is 1.47 bits per heavy atom. The number of halogens is 3. The molecule has 7 heteroatoms. The molecular formula is C8H11F3O4. The normalized spacial score (nSPS) is 24.9. The Labute approximate surface area is 84.0 Å². The molecule has 0 unspecified atom stereocenters. The minimum Gasteiger partial charge on any atom is -0.481 e.